The molecule has 0 atom stereocenters. The Morgan fingerprint density at radius 1 is 1.17 bits per heavy atom. The molecule has 1 amide bonds. The summed E-state index contributed by atoms with van der Waals surface area (Å²) in [6, 6.07) is 15.0. The Morgan fingerprint density at radius 3 is 2.67 bits per heavy atom. The smallest absolute Gasteiger partial charge is 0.276 e. The summed E-state index contributed by atoms with van der Waals surface area (Å²) in [7, 11) is 3.99. The lowest BCUT2D eigenvalue weighted by Crippen LogP contribution is -2.44. The Morgan fingerprint density at radius 2 is 1.95 bits per heavy atom. The standard InChI is InChI=1S/C31H35N7O4/c1-5-27(40)37-14-13-36(25-8-6-7-21(2)28(25)37)26-19-22-20-32-31(34-29(22)38(15-17-39)30(26)41)33-23-9-11-24(12-10-23)42-18-16-35(3)4/h5-12,19-20,39H,1,13-18H2,2-4H3,(H,32,33,34). The van der Waals surface area contributed by atoms with E-state index in [1.165, 1.54) is 10.6 Å². The van der Waals surface area contributed by atoms with Crippen molar-refractivity contribution in [2.75, 3.05) is 62.1 Å². The molecule has 0 fully saturated rings. The lowest BCUT2D eigenvalue weighted by molar-refractivity contribution is -0.114. The molecule has 0 saturated carbocycles. The van der Waals surface area contributed by atoms with Crippen molar-refractivity contribution < 1.29 is 14.6 Å². The number of likely N-dealkylation sites (N-methyl/N-ethyl adjacent to an activating group) is 1. The number of hydrogen-bond donors (Lipinski definition) is 2. The molecule has 3 heterocycles. The Kier molecular flexibility index (Phi) is 8.51. The van der Waals surface area contributed by atoms with Crippen LogP contribution in [0.3, 0.4) is 0 Å². The van der Waals surface area contributed by atoms with Crippen LogP contribution in [0.2, 0.25) is 0 Å². The van der Waals surface area contributed by atoms with Crippen LogP contribution in [-0.2, 0) is 11.3 Å². The van der Waals surface area contributed by atoms with Crippen LogP contribution in [0.4, 0.5) is 28.7 Å². The van der Waals surface area contributed by atoms with Gasteiger partial charge < -0.3 is 29.9 Å². The minimum Gasteiger partial charge on any atom is -0.492 e. The number of rotatable bonds is 10. The first kappa shape index (κ1) is 28.8. The van der Waals surface area contributed by atoms with Crippen LogP contribution in [0.5, 0.6) is 5.75 Å². The van der Waals surface area contributed by atoms with E-state index in [0.717, 1.165) is 34.9 Å². The number of carbonyl (C=O) groups excluding carboxylic acids is 1. The molecule has 0 aliphatic carbocycles. The molecule has 5 rings (SSSR count). The monoisotopic (exact) mass is 569 g/mol. The summed E-state index contributed by atoms with van der Waals surface area (Å²) in [6.45, 7) is 7.61. The highest BCUT2D eigenvalue weighted by atomic mass is 16.5. The number of anilines is 5. The number of amides is 1. The minimum atomic E-state index is -0.295. The zero-order chi connectivity index (χ0) is 29.8. The van der Waals surface area contributed by atoms with E-state index >= 15 is 0 Å². The van der Waals surface area contributed by atoms with Crippen LogP contribution < -0.4 is 25.4 Å². The number of pyridine rings is 1. The van der Waals surface area contributed by atoms with E-state index in [1.54, 1.807) is 17.2 Å². The maximum absolute atomic E-state index is 13.9. The number of ether oxygens (including phenoxy) is 1. The first-order valence-corrected chi connectivity index (χ1v) is 13.8. The second-order valence-corrected chi connectivity index (χ2v) is 10.3. The van der Waals surface area contributed by atoms with Crippen molar-refractivity contribution in [3.8, 4) is 5.75 Å². The number of aliphatic hydroxyl groups is 1. The lowest BCUT2D eigenvalue weighted by atomic mass is 10.1. The predicted molar refractivity (Wildman–Crippen MR) is 165 cm³/mol. The second kappa shape index (κ2) is 12.4. The van der Waals surface area contributed by atoms with Gasteiger partial charge in [-0.2, -0.15) is 4.98 Å². The number of benzene rings is 2. The maximum Gasteiger partial charge on any atom is 0.276 e. The summed E-state index contributed by atoms with van der Waals surface area (Å²) in [4.78, 5) is 41.3. The number of fused-ring (bicyclic) bond motifs is 2. The quantitative estimate of drug-likeness (QED) is 0.277. The maximum atomic E-state index is 13.9. The molecule has 0 unspecified atom stereocenters. The van der Waals surface area contributed by atoms with Crippen LogP contribution in [-0.4, -0.2) is 77.4 Å². The van der Waals surface area contributed by atoms with Gasteiger partial charge in [0, 0.05) is 36.9 Å². The molecule has 0 saturated heterocycles. The summed E-state index contributed by atoms with van der Waals surface area (Å²) in [6.07, 6.45) is 2.96. The van der Waals surface area contributed by atoms with Crippen molar-refractivity contribution in [2.45, 2.75) is 13.5 Å². The van der Waals surface area contributed by atoms with Gasteiger partial charge in [0.2, 0.25) is 5.95 Å². The molecular formula is C31H35N7O4. The summed E-state index contributed by atoms with van der Waals surface area (Å²) in [5.41, 5.74) is 3.70. The number of para-hydroxylation sites is 1. The predicted octanol–water partition coefficient (Wildman–Crippen LogP) is 3.45. The number of nitrogens with zero attached hydrogens (tertiary/aromatic N) is 6. The molecule has 1 aliphatic rings. The summed E-state index contributed by atoms with van der Waals surface area (Å²) in [5.74, 6) is 0.888. The molecule has 2 aromatic heterocycles. The van der Waals surface area contributed by atoms with Crippen LogP contribution in [0.15, 0.2) is 72.2 Å². The van der Waals surface area contributed by atoms with E-state index in [1.807, 2.05) is 68.4 Å². The van der Waals surface area contributed by atoms with Crippen molar-refractivity contribution in [1.82, 2.24) is 19.4 Å². The molecule has 2 N–H and O–H groups in total. The van der Waals surface area contributed by atoms with E-state index < -0.39 is 0 Å². The summed E-state index contributed by atoms with van der Waals surface area (Å²) >= 11 is 0. The summed E-state index contributed by atoms with van der Waals surface area (Å²) in [5, 5.41) is 13.7. The highest BCUT2D eigenvalue weighted by molar-refractivity contribution is 6.05. The van der Waals surface area contributed by atoms with E-state index in [0.29, 0.717) is 42.4 Å². The third-order valence-electron chi connectivity index (χ3n) is 7.11. The van der Waals surface area contributed by atoms with Crippen molar-refractivity contribution >= 4 is 45.6 Å². The van der Waals surface area contributed by atoms with E-state index in [9.17, 15) is 14.7 Å². The molecule has 11 heteroatoms. The zero-order valence-corrected chi connectivity index (χ0v) is 24.1. The average Bonchev–Trinajstić information content (AvgIpc) is 2.98. The van der Waals surface area contributed by atoms with Crippen LogP contribution in [0, 0.1) is 6.92 Å². The Bertz CT molecular complexity index is 1670. The first-order chi connectivity index (χ1) is 20.3. The topological polar surface area (TPSA) is 116 Å². The van der Waals surface area contributed by atoms with E-state index in [2.05, 4.69) is 26.8 Å². The fraction of sp³-hybridized carbons (Fsp3) is 0.290. The van der Waals surface area contributed by atoms with Crippen molar-refractivity contribution in [3.05, 3.63) is 83.3 Å². The van der Waals surface area contributed by atoms with Crippen molar-refractivity contribution in [3.63, 3.8) is 0 Å². The number of aromatic nitrogens is 3. The number of carbonyl (C=O) groups is 1. The van der Waals surface area contributed by atoms with Gasteiger partial charge in [-0.15, -0.1) is 0 Å². The van der Waals surface area contributed by atoms with E-state index in [4.69, 9.17) is 4.74 Å². The van der Waals surface area contributed by atoms with Crippen LogP contribution >= 0.6 is 0 Å². The van der Waals surface area contributed by atoms with Gasteiger partial charge >= 0.3 is 0 Å². The van der Waals surface area contributed by atoms with Gasteiger partial charge in [-0.25, -0.2) is 4.98 Å². The highest BCUT2D eigenvalue weighted by Gasteiger charge is 2.30. The number of nitrogens with one attached hydrogen (secondary N) is 1. The fourth-order valence-electron chi connectivity index (χ4n) is 5.04. The average molecular weight is 570 g/mol. The molecule has 42 heavy (non-hydrogen) atoms. The van der Waals surface area contributed by atoms with Crippen LogP contribution in [0.1, 0.15) is 5.56 Å². The molecule has 2 aromatic carbocycles. The third kappa shape index (κ3) is 5.83. The first-order valence-electron chi connectivity index (χ1n) is 13.8. The van der Waals surface area contributed by atoms with Gasteiger partial charge in [-0.3, -0.25) is 14.2 Å². The van der Waals surface area contributed by atoms with Gasteiger partial charge in [-0.1, -0.05) is 18.7 Å². The molecule has 11 nitrogen and oxygen atoms in total. The molecular weight excluding hydrogens is 534 g/mol. The number of hydrogen-bond acceptors (Lipinski definition) is 9. The minimum absolute atomic E-state index is 0.0637. The molecule has 0 bridgehead atoms. The molecule has 0 spiro atoms. The van der Waals surface area contributed by atoms with Crippen molar-refractivity contribution in [2.24, 2.45) is 0 Å². The Balaban J connectivity index is 1.48. The summed E-state index contributed by atoms with van der Waals surface area (Å²) < 4.78 is 7.23. The number of aliphatic hydroxyl groups excluding tert-OH is 1. The molecule has 0 radical (unpaired) electrons. The molecule has 218 valence electrons. The van der Waals surface area contributed by atoms with E-state index in [-0.39, 0.29) is 24.6 Å². The second-order valence-electron chi connectivity index (χ2n) is 10.3. The van der Waals surface area contributed by atoms with Gasteiger partial charge in [0.1, 0.15) is 23.7 Å². The van der Waals surface area contributed by atoms with Crippen LogP contribution in [0.25, 0.3) is 11.0 Å². The normalized spacial score (nSPS) is 12.9. The molecule has 1 aliphatic heterocycles. The third-order valence-corrected chi connectivity index (χ3v) is 7.11. The lowest BCUT2D eigenvalue weighted by Gasteiger charge is -2.38. The molecule has 4 aromatic rings. The van der Waals surface area contributed by atoms with Gasteiger partial charge in [0.25, 0.3) is 11.5 Å². The van der Waals surface area contributed by atoms with Gasteiger partial charge in [0.15, 0.2) is 0 Å². The zero-order valence-electron chi connectivity index (χ0n) is 24.1. The SMILES string of the molecule is C=CC(=O)N1CCN(c2cc3cnc(Nc4ccc(OCCN(C)C)cc4)nc3n(CCO)c2=O)c2cccc(C)c21. The number of aryl methyl sites for hydroxylation is 1. The van der Waals surface area contributed by atoms with Crippen molar-refractivity contribution in [1.29, 1.82) is 0 Å². The van der Waals surface area contributed by atoms with Gasteiger partial charge in [-0.05, 0) is 69.1 Å². The van der Waals surface area contributed by atoms with Gasteiger partial charge in [0.05, 0.1) is 24.5 Å². The Labute approximate surface area is 244 Å². The Hall–Kier alpha value is -4.74. The fourth-order valence-corrected chi connectivity index (χ4v) is 5.04. The highest BCUT2D eigenvalue weighted by Crippen LogP contribution is 2.39. The largest absolute Gasteiger partial charge is 0.492 e.